The molecule has 0 spiro atoms. The molecule has 0 N–H and O–H groups in total. The third-order valence-electron chi connectivity index (χ3n) is 5.39. The van der Waals surface area contributed by atoms with Gasteiger partial charge in [-0.2, -0.15) is 0 Å². The zero-order valence-corrected chi connectivity index (χ0v) is 15.1. The van der Waals surface area contributed by atoms with E-state index in [2.05, 4.69) is 16.3 Å². The molecule has 0 aliphatic carbocycles. The molecule has 0 saturated carbocycles. The van der Waals surface area contributed by atoms with Crippen LogP contribution in [0.1, 0.15) is 41.3 Å². The SMILES string of the molecule is O=C(CCN1CCCC1c1ccc(F)cc1)N1CCc2sccc2C1. The van der Waals surface area contributed by atoms with Gasteiger partial charge in [-0.05, 0) is 60.5 Å². The van der Waals surface area contributed by atoms with E-state index in [9.17, 15) is 9.18 Å². The maximum atomic E-state index is 13.1. The Balaban J connectivity index is 1.34. The van der Waals surface area contributed by atoms with Gasteiger partial charge in [0.15, 0.2) is 0 Å². The second-order valence-electron chi connectivity index (χ2n) is 6.93. The summed E-state index contributed by atoms with van der Waals surface area (Å²) in [4.78, 5) is 18.4. The molecule has 132 valence electrons. The highest BCUT2D eigenvalue weighted by Crippen LogP contribution is 2.32. The number of benzene rings is 1. The topological polar surface area (TPSA) is 23.6 Å². The zero-order valence-electron chi connectivity index (χ0n) is 14.3. The molecule has 1 saturated heterocycles. The molecule has 2 aliphatic rings. The van der Waals surface area contributed by atoms with Crippen molar-refractivity contribution in [2.24, 2.45) is 0 Å². The van der Waals surface area contributed by atoms with Gasteiger partial charge in [0.2, 0.25) is 5.91 Å². The van der Waals surface area contributed by atoms with Gasteiger partial charge in [0.1, 0.15) is 5.82 Å². The van der Waals surface area contributed by atoms with Crippen molar-refractivity contribution in [3.63, 3.8) is 0 Å². The van der Waals surface area contributed by atoms with Gasteiger partial charge >= 0.3 is 0 Å². The van der Waals surface area contributed by atoms with E-state index in [4.69, 9.17) is 0 Å². The zero-order chi connectivity index (χ0) is 17.2. The molecule has 1 amide bonds. The number of likely N-dealkylation sites (tertiary alicyclic amines) is 1. The first kappa shape index (κ1) is 16.7. The summed E-state index contributed by atoms with van der Waals surface area (Å²) >= 11 is 1.80. The van der Waals surface area contributed by atoms with Gasteiger partial charge < -0.3 is 4.90 Å². The van der Waals surface area contributed by atoms with Crippen LogP contribution < -0.4 is 0 Å². The molecule has 1 aromatic heterocycles. The second kappa shape index (κ2) is 7.26. The maximum Gasteiger partial charge on any atom is 0.224 e. The first-order chi connectivity index (χ1) is 12.2. The first-order valence-corrected chi connectivity index (χ1v) is 9.91. The van der Waals surface area contributed by atoms with Gasteiger partial charge in [-0.3, -0.25) is 9.69 Å². The molecule has 1 fully saturated rings. The van der Waals surface area contributed by atoms with Crippen molar-refractivity contribution < 1.29 is 9.18 Å². The summed E-state index contributed by atoms with van der Waals surface area (Å²) in [6, 6.07) is 9.28. The van der Waals surface area contributed by atoms with Crippen molar-refractivity contribution in [1.29, 1.82) is 0 Å². The van der Waals surface area contributed by atoms with Crippen LogP contribution >= 0.6 is 11.3 Å². The molecule has 25 heavy (non-hydrogen) atoms. The monoisotopic (exact) mass is 358 g/mol. The number of rotatable bonds is 4. The Morgan fingerprint density at radius 3 is 2.88 bits per heavy atom. The predicted molar refractivity (Wildman–Crippen MR) is 98.0 cm³/mol. The van der Waals surface area contributed by atoms with Crippen molar-refractivity contribution in [2.45, 2.75) is 38.3 Å². The normalized spacial score (nSPS) is 20.7. The second-order valence-corrected chi connectivity index (χ2v) is 7.93. The van der Waals surface area contributed by atoms with Gasteiger partial charge in [-0.15, -0.1) is 11.3 Å². The molecule has 2 aliphatic heterocycles. The number of halogens is 1. The summed E-state index contributed by atoms with van der Waals surface area (Å²) < 4.78 is 13.1. The van der Waals surface area contributed by atoms with Gasteiger partial charge in [-0.1, -0.05) is 12.1 Å². The van der Waals surface area contributed by atoms with E-state index in [0.717, 1.165) is 51.0 Å². The molecule has 1 unspecified atom stereocenters. The fourth-order valence-electron chi connectivity index (χ4n) is 4.01. The number of fused-ring (bicyclic) bond motifs is 1. The van der Waals surface area contributed by atoms with Gasteiger partial charge in [0.25, 0.3) is 0 Å². The van der Waals surface area contributed by atoms with Gasteiger partial charge in [0, 0.05) is 37.0 Å². The summed E-state index contributed by atoms with van der Waals surface area (Å²) in [7, 11) is 0. The van der Waals surface area contributed by atoms with E-state index in [0.29, 0.717) is 12.5 Å². The van der Waals surface area contributed by atoms with Crippen LogP contribution in [0.15, 0.2) is 35.7 Å². The summed E-state index contributed by atoms with van der Waals surface area (Å²) in [6.07, 6.45) is 3.78. The molecule has 1 aromatic carbocycles. The van der Waals surface area contributed by atoms with Gasteiger partial charge in [-0.25, -0.2) is 4.39 Å². The average molecular weight is 358 g/mol. The number of amides is 1. The summed E-state index contributed by atoms with van der Waals surface area (Å²) in [5.41, 5.74) is 2.47. The van der Waals surface area contributed by atoms with Crippen LogP contribution in [-0.4, -0.2) is 35.3 Å². The molecule has 3 nitrogen and oxygen atoms in total. The van der Waals surface area contributed by atoms with E-state index in [1.807, 2.05) is 17.0 Å². The van der Waals surface area contributed by atoms with Crippen LogP contribution in [0, 0.1) is 5.82 Å². The Bertz CT molecular complexity index is 742. The minimum Gasteiger partial charge on any atom is -0.338 e. The summed E-state index contributed by atoms with van der Waals surface area (Å²) in [5, 5.41) is 2.12. The van der Waals surface area contributed by atoms with Crippen LogP contribution in [0.5, 0.6) is 0 Å². The maximum absolute atomic E-state index is 13.1. The summed E-state index contributed by atoms with van der Waals surface area (Å²) in [5.74, 6) is 0.0583. The first-order valence-electron chi connectivity index (χ1n) is 9.03. The van der Waals surface area contributed by atoms with Crippen LogP contribution in [-0.2, 0) is 17.8 Å². The third kappa shape index (κ3) is 3.62. The number of hydrogen-bond acceptors (Lipinski definition) is 3. The molecule has 4 rings (SSSR count). The Morgan fingerprint density at radius 1 is 1.20 bits per heavy atom. The van der Waals surface area contributed by atoms with Crippen molar-refractivity contribution in [3.8, 4) is 0 Å². The fraction of sp³-hybridized carbons (Fsp3) is 0.450. The van der Waals surface area contributed by atoms with Crippen molar-refractivity contribution in [2.75, 3.05) is 19.6 Å². The lowest BCUT2D eigenvalue weighted by Crippen LogP contribution is -2.37. The molecular weight excluding hydrogens is 335 g/mol. The lowest BCUT2D eigenvalue weighted by Gasteiger charge is -2.29. The smallest absolute Gasteiger partial charge is 0.224 e. The van der Waals surface area contributed by atoms with E-state index in [-0.39, 0.29) is 11.7 Å². The molecule has 2 aromatic rings. The highest BCUT2D eigenvalue weighted by atomic mass is 32.1. The van der Waals surface area contributed by atoms with Crippen LogP contribution in [0.2, 0.25) is 0 Å². The molecule has 0 bridgehead atoms. The van der Waals surface area contributed by atoms with E-state index in [1.165, 1.54) is 22.6 Å². The fourth-order valence-corrected chi connectivity index (χ4v) is 4.90. The largest absolute Gasteiger partial charge is 0.338 e. The van der Waals surface area contributed by atoms with Gasteiger partial charge in [0.05, 0.1) is 0 Å². The minimum absolute atomic E-state index is 0.193. The number of nitrogens with zero attached hydrogens (tertiary/aromatic N) is 2. The molecule has 3 heterocycles. The highest BCUT2D eigenvalue weighted by Gasteiger charge is 2.27. The predicted octanol–water partition coefficient (Wildman–Crippen LogP) is 4.00. The van der Waals surface area contributed by atoms with Crippen molar-refractivity contribution >= 4 is 17.2 Å². The Hall–Kier alpha value is -1.72. The van der Waals surface area contributed by atoms with Crippen LogP contribution in [0.4, 0.5) is 4.39 Å². The summed E-state index contributed by atoms with van der Waals surface area (Å²) in [6.45, 7) is 3.41. The molecule has 0 radical (unpaired) electrons. The Kier molecular flexibility index (Phi) is 4.86. The molecule has 5 heteroatoms. The standard InChI is InChI=1S/C20H23FN2OS/c21-17-5-3-15(4-6-17)18-2-1-10-22(18)12-8-20(24)23-11-7-19-16(14-23)9-13-25-19/h3-6,9,13,18H,1-2,7-8,10-12,14H2. The third-order valence-corrected chi connectivity index (χ3v) is 6.41. The number of carbonyl (C=O) groups is 1. The number of hydrogen-bond donors (Lipinski definition) is 0. The minimum atomic E-state index is -0.193. The van der Waals surface area contributed by atoms with E-state index >= 15 is 0 Å². The highest BCUT2D eigenvalue weighted by molar-refractivity contribution is 7.10. The van der Waals surface area contributed by atoms with Crippen LogP contribution in [0.25, 0.3) is 0 Å². The van der Waals surface area contributed by atoms with Crippen LogP contribution in [0.3, 0.4) is 0 Å². The molecular formula is C20H23FN2OS. The quantitative estimate of drug-likeness (QED) is 0.825. The average Bonchev–Trinajstić information content (AvgIpc) is 3.28. The lowest BCUT2D eigenvalue weighted by molar-refractivity contribution is -0.132. The van der Waals surface area contributed by atoms with E-state index in [1.54, 1.807) is 11.3 Å². The van der Waals surface area contributed by atoms with Crippen molar-refractivity contribution in [1.82, 2.24) is 9.80 Å². The lowest BCUT2D eigenvalue weighted by atomic mass is 10.0. The Morgan fingerprint density at radius 2 is 2.04 bits per heavy atom. The van der Waals surface area contributed by atoms with Crippen molar-refractivity contribution in [3.05, 3.63) is 57.5 Å². The molecule has 1 atom stereocenters. The number of carbonyl (C=O) groups excluding carboxylic acids is 1. The Labute approximate surface area is 152 Å². The number of thiophene rings is 1. The van der Waals surface area contributed by atoms with E-state index < -0.39 is 0 Å².